The van der Waals surface area contributed by atoms with Gasteiger partial charge in [-0.2, -0.15) is 5.26 Å². The molecule has 0 radical (unpaired) electrons. The second kappa shape index (κ2) is 9.31. The van der Waals surface area contributed by atoms with Crippen LogP contribution in [0.25, 0.3) is 0 Å². The van der Waals surface area contributed by atoms with Gasteiger partial charge in [-0.25, -0.2) is 0 Å². The number of nitrogens with one attached hydrogen (secondary N) is 1. The quantitative estimate of drug-likeness (QED) is 0.760. The maximum atomic E-state index is 12.4. The first kappa shape index (κ1) is 19.8. The van der Waals surface area contributed by atoms with Crippen molar-refractivity contribution in [1.82, 2.24) is 10.2 Å². The van der Waals surface area contributed by atoms with E-state index in [1.807, 2.05) is 30.5 Å². The molecule has 0 unspecified atom stereocenters. The van der Waals surface area contributed by atoms with Crippen LogP contribution in [0, 0.1) is 11.3 Å². The molecular formula is C19H21N3O3S2. The number of allylic oxidation sites excluding steroid dienone is 1. The van der Waals surface area contributed by atoms with Crippen LogP contribution in [-0.2, 0) is 14.3 Å². The van der Waals surface area contributed by atoms with Gasteiger partial charge in [-0.05, 0) is 24.0 Å². The molecule has 1 aromatic carbocycles. The van der Waals surface area contributed by atoms with Crippen molar-refractivity contribution in [3.63, 3.8) is 0 Å². The fourth-order valence-corrected chi connectivity index (χ4v) is 4.48. The number of ether oxygens (including phenoxy) is 1. The van der Waals surface area contributed by atoms with Crippen LogP contribution in [0.1, 0.15) is 17.9 Å². The molecule has 142 valence electrons. The first-order valence-electron chi connectivity index (χ1n) is 8.68. The number of carbonyl (C=O) groups is 2. The van der Waals surface area contributed by atoms with Gasteiger partial charge in [0, 0.05) is 30.3 Å². The Hall–Kier alpha value is -1.95. The molecule has 0 aliphatic carbocycles. The average molecular weight is 404 g/mol. The SMILES string of the molecule is CSc1ccc([C@H]2CC(=O)NC(SCC(=O)N3CCOCC3)=C2C#N)cc1. The molecule has 2 amide bonds. The molecule has 1 aromatic rings. The summed E-state index contributed by atoms with van der Waals surface area (Å²) in [7, 11) is 0. The number of thioether (sulfide) groups is 2. The first-order chi connectivity index (χ1) is 13.1. The summed E-state index contributed by atoms with van der Waals surface area (Å²) in [5.74, 6) is -0.220. The lowest BCUT2D eigenvalue weighted by molar-refractivity contribution is -0.132. The zero-order valence-corrected chi connectivity index (χ0v) is 16.7. The van der Waals surface area contributed by atoms with Crippen molar-refractivity contribution in [2.75, 3.05) is 38.3 Å². The molecule has 27 heavy (non-hydrogen) atoms. The minimum Gasteiger partial charge on any atom is -0.378 e. The molecule has 6 nitrogen and oxygen atoms in total. The lowest BCUT2D eigenvalue weighted by Crippen LogP contribution is -2.42. The highest BCUT2D eigenvalue weighted by molar-refractivity contribution is 8.03. The molecule has 8 heteroatoms. The van der Waals surface area contributed by atoms with Crippen LogP contribution in [0.5, 0.6) is 0 Å². The Labute approximate surface area is 167 Å². The molecule has 0 aromatic heterocycles. The summed E-state index contributed by atoms with van der Waals surface area (Å²) >= 11 is 2.88. The number of carbonyl (C=O) groups excluding carboxylic acids is 2. The summed E-state index contributed by atoms with van der Waals surface area (Å²) in [6.07, 6.45) is 2.24. The molecule has 3 rings (SSSR count). The van der Waals surface area contributed by atoms with Crippen LogP contribution < -0.4 is 5.32 Å². The van der Waals surface area contributed by atoms with Gasteiger partial charge in [-0.1, -0.05) is 23.9 Å². The van der Waals surface area contributed by atoms with Crippen LogP contribution in [-0.4, -0.2) is 55.0 Å². The minimum atomic E-state index is -0.277. The van der Waals surface area contributed by atoms with Gasteiger partial charge in [0.2, 0.25) is 11.8 Å². The van der Waals surface area contributed by atoms with Crippen molar-refractivity contribution in [1.29, 1.82) is 5.26 Å². The lowest BCUT2D eigenvalue weighted by atomic mass is 9.87. The molecule has 0 spiro atoms. The summed E-state index contributed by atoms with van der Waals surface area (Å²) in [6.45, 7) is 2.27. The molecule has 0 bridgehead atoms. The van der Waals surface area contributed by atoms with Crippen LogP contribution >= 0.6 is 23.5 Å². The standard InChI is InChI=1S/C19H21N3O3S2/c1-26-14-4-2-13(3-5-14)15-10-17(23)21-19(16(15)11-20)27-12-18(24)22-6-8-25-9-7-22/h2-5,15H,6-10,12H2,1H3,(H,21,23)/t15-/m1/s1. The van der Waals surface area contributed by atoms with Crippen molar-refractivity contribution >= 4 is 35.3 Å². The number of hydrogen-bond acceptors (Lipinski definition) is 6. The van der Waals surface area contributed by atoms with Gasteiger partial charge in [-0.15, -0.1) is 11.8 Å². The monoisotopic (exact) mass is 403 g/mol. The van der Waals surface area contributed by atoms with Gasteiger partial charge in [0.1, 0.15) is 0 Å². The van der Waals surface area contributed by atoms with E-state index in [4.69, 9.17) is 4.74 Å². The highest BCUT2D eigenvalue weighted by Crippen LogP contribution is 2.36. The molecule has 1 N–H and O–H groups in total. The molecule has 2 aliphatic heterocycles. The Balaban J connectivity index is 1.76. The second-order valence-electron chi connectivity index (χ2n) is 6.21. The third kappa shape index (κ3) is 4.86. The van der Waals surface area contributed by atoms with E-state index in [1.54, 1.807) is 16.7 Å². The highest BCUT2D eigenvalue weighted by atomic mass is 32.2. The first-order valence-corrected chi connectivity index (χ1v) is 10.9. The molecule has 1 fully saturated rings. The Morgan fingerprint density at radius 2 is 2.04 bits per heavy atom. The van der Waals surface area contributed by atoms with E-state index in [0.717, 1.165) is 10.5 Å². The summed E-state index contributed by atoms with van der Waals surface area (Å²) in [5.41, 5.74) is 1.46. The largest absolute Gasteiger partial charge is 0.378 e. The van der Waals surface area contributed by atoms with Gasteiger partial charge >= 0.3 is 0 Å². The average Bonchev–Trinajstić information content (AvgIpc) is 2.72. The molecule has 1 saturated heterocycles. The van der Waals surface area contributed by atoms with Crippen molar-refractivity contribution in [2.45, 2.75) is 17.2 Å². The third-order valence-electron chi connectivity index (χ3n) is 4.58. The molecular weight excluding hydrogens is 382 g/mol. The summed E-state index contributed by atoms with van der Waals surface area (Å²) < 4.78 is 5.26. The summed E-state index contributed by atoms with van der Waals surface area (Å²) in [5, 5.41) is 13.0. The van der Waals surface area contributed by atoms with Gasteiger partial charge in [0.15, 0.2) is 0 Å². The Kier molecular flexibility index (Phi) is 6.83. The fraction of sp³-hybridized carbons (Fsp3) is 0.421. The number of morpholine rings is 1. The topological polar surface area (TPSA) is 82.4 Å². The van der Waals surface area contributed by atoms with Crippen LogP contribution in [0.2, 0.25) is 0 Å². The Morgan fingerprint density at radius 3 is 2.67 bits per heavy atom. The summed E-state index contributed by atoms with van der Waals surface area (Å²) in [4.78, 5) is 27.5. The van der Waals surface area contributed by atoms with E-state index in [2.05, 4.69) is 11.4 Å². The predicted octanol–water partition coefficient (Wildman–Crippen LogP) is 2.34. The molecule has 1 atom stereocenters. The molecule has 2 heterocycles. The van der Waals surface area contributed by atoms with Crippen LogP contribution in [0.4, 0.5) is 0 Å². The number of benzene rings is 1. The van der Waals surface area contributed by atoms with Crippen LogP contribution in [0.3, 0.4) is 0 Å². The van der Waals surface area contributed by atoms with E-state index >= 15 is 0 Å². The molecule has 0 saturated carbocycles. The van der Waals surface area contributed by atoms with Gasteiger partial charge < -0.3 is 15.0 Å². The maximum Gasteiger partial charge on any atom is 0.233 e. The normalized spacial score (nSPS) is 20.2. The van der Waals surface area contributed by atoms with E-state index in [0.29, 0.717) is 36.9 Å². The predicted molar refractivity (Wildman–Crippen MR) is 106 cm³/mol. The van der Waals surface area contributed by atoms with Gasteiger partial charge in [0.05, 0.1) is 35.6 Å². The van der Waals surface area contributed by atoms with E-state index in [-0.39, 0.29) is 29.9 Å². The number of amides is 2. The van der Waals surface area contributed by atoms with E-state index < -0.39 is 0 Å². The van der Waals surface area contributed by atoms with Gasteiger partial charge in [0.25, 0.3) is 0 Å². The third-order valence-corrected chi connectivity index (χ3v) is 6.32. The highest BCUT2D eigenvalue weighted by Gasteiger charge is 2.30. The zero-order valence-electron chi connectivity index (χ0n) is 15.1. The maximum absolute atomic E-state index is 12.4. The Morgan fingerprint density at radius 1 is 1.33 bits per heavy atom. The van der Waals surface area contributed by atoms with Crippen molar-refractivity contribution < 1.29 is 14.3 Å². The number of nitrogens with zero attached hydrogens (tertiary/aromatic N) is 2. The van der Waals surface area contributed by atoms with Gasteiger partial charge in [-0.3, -0.25) is 9.59 Å². The minimum absolute atomic E-state index is 0.00575. The molecule has 2 aliphatic rings. The number of hydrogen-bond donors (Lipinski definition) is 1. The fourth-order valence-electron chi connectivity index (χ4n) is 3.09. The number of rotatable bonds is 5. The van der Waals surface area contributed by atoms with E-state index in [9.17, 15) is 14.9 Å². The van der Waals surface area contributed by atoms with E-state index in [1.165, 1.54) is 11.8 Å². The second-order valence-corrected chi connectivity index (χ2v) is 8.08. The van der Waals surface area contributed by atoms with Crippen molar-refractivity contribution in [2.24, 2.45) is 0 Å². The summed E-state index contributed by atoms with van der Waals surface area (Å²) in [6, 6.07) is 10.2. The Bertz CT molecular complexity index is 780. The van der Waals surface area contributed by atoms with Crippen LogP contribution in [0.15, 0.2) is 39.8 Å². The van der Waals surface area contributed by atoms with Crippen molar-refractivity contribution in [3.05, 3.63) is 40.4 Å². The smallest absolute Gasteiger partial charge is 0.233 e. The van der Waals surface area contributed by atoms with Crippen molar-refractivity contribution in [3.8, 4) is 6.07 Å². The lowest BCUT2D eigenvalue weighted by Gasteiger charge is -2.28. The zero-order chi connectivity index (χ0) is 19.2. The number of nitriles is 1.